The predicted molar refractivity (Wildman–Crippen MR) is 72.2 cm³/mol. The van der Waals surface area contributed by atoms with E-state index in [1.54, 1.807) is 7.11 Å². The summed E-state index contributed by atoms with van der Waals surface area (Å²) in [6, 6.07) is 2.70. The smallest absolute Gasteiger partial charge is 0.278 e. The van der Waals surface area contributed by atoms with E-state index in [4.69, 9.17) is 19.3 Å². The first kappa shape index (κ1) is 16.2. The van der Waals surface area contributed by atoms with Crippen LogP contribution in [-0.4, -0.2) is 37.5 Å². The summed E-state index contributed by atoms with van der Waals surface area (Å²) >= 11 is 0. The van der Waals surface area contributed by atoms with E-state index in [9.17, 15) is 10.1 Å². The number of aliphatic hydroxyl groups is 1. The number of nitro benzene ring substituents is 1. The highest BCUT2D eigenvalue weighted by Gasteiger charge is 2.19. The highest BCUT2D eigenvalue weighted by atomic mass is 16.6. The lowest BCUT2D eigenvalue weighted by molar-refractivity contribution is -0.385. The minimum Gasteiger partial charge on any atom is -0.493 e. The topological polar surface area (TPSA) is 91.1 Å². The van der Waals surface area contributed by atoms with E-state index in [1.807, 2.05) is 0 Å². The minimum absolute atomic E-state index is 0.180. The van der Waals surface area contributed by atoms with Gasteiger partial charge < -0.3 is 19.3 Å². The molecule has 112 valence electrons. The highest BCUT2D eigenvalue weighted by molar-refractivity contribution is 5.54. The molecule has 0 saturated heterocycles. The number of nitro groups is 1. The first-order valence-corrected chi connectivity index (χ1v) is 6.22. The average molecular weight is 285 g/mol. The molecule has 0 unspecified atom stereocenters. The SMILES string of the molecule is COCCCCOc1cc([N+](=O)[O-])c(CO)cc1OC. The van der Waals surface area contributed by atoms with Crippen LogP contribution in [0.5, 0.6) is 11.5 Å². The summed E-state index contributed by atoms with van der Waals surface area (Å²) in [5.41, 5.74) is 0.0128. The van der Waals surface area contributed by atoms with Crippen LogP contribution in [0.1, 0.15) is 18.4 Å². The Labute approximate surface area is 117 Å². The maximum absolute atomic E-state index is 10.9. The number of benzene rings is 1. The molecule has 20 heavy (non-hydrogen) atoms. The third kappa shape index (κ3) is 4.36. The zero-order chi connectivity index (χ0) is 15.0. The predicted octanol–water partition coefficient (Wildman–Crippen LogP) is 1.90. The van der Waals surface area contributed by atoms with Crippen molar-refractivity contribution >= 4 is 5.69 Å². The molecule has 0 radical (unpaired) electrons. The first-order chi connectivity index (χ1) is 9.63. The Hall–Kier alpha value is -1.86. The van der Waals surface area contributed by atoms with Gasteiger partial charge in [-0.2, -0.15) is 0 Å². The normalized spacial score (nSPS) is 10.3. The van der Waals surface area contributed by atoms with Gasteiger partial charge >= 0.3 is 0 Å². The Morgan fingerprint density at radius 1 is 1.20 bits per heavy atom. The Morgan fingerprint density at radius 2 is 1.90 bits per heavy atom. The van der Waals surface area contributed by atoms with Crippen LogP contribution in [0, 0.1) is 10.1 Å². The van der Waals surface area contributed by atoms with Gasteiger partial charge in [-0.15, -0.1) is 0 Å². The molecule has 0 amide bonds. The fraction of sp³-hybridized carbons (Fsp3) is 0.538. The largest absolute Gasteiger partial charge is 0.493 e. The zero-order valence-corrected chi connectivity index (χ0v) is 11.6. The quantitative estimate of drug-likeness (QED) is 0.423. The van der Waals surface area contributed by atoms with Crippen molar-refractivity contribution in [2.75, 3.05) is 27.4 Å². The van der Waals surface area contributed by atoms with E-state index in [1.165, 1.54) is 19.2 Å². The molecule has 0 aliphatic carbocycles. The van der Waals surface area contributed by atoms with Gasteiger partial charge in [-0.05, 0) is 18.9 Å². The van der Waals surface area contributed by atoms with Crippen molar-refractivity contribution < 1.29 is 24.2 Å². The molecule has 0 atom stereocenters. The van der Waals surface area contributed by atoms with Crippen LogP contribution in [0.3, 0.4) is 0 Å². The second-order valence-electron chi connectivity index (χ2n) is 4.10. The number of hydrogen-bond donors (Lipinski definition) is 1. The Balaban J connectivity index is 2.82. The average Bonchev–Trinajstić information content (AvgIpc) is 2.46. The van der Waals surface area contributed by atoms with Crippen LogP contribution in [0.4, 0.5) is 5.69 Å². The van der Waals surface area contributed by atoms with E-state index in [0.29, 0.717) is 24.7 Å². The molecule has 1 N–H and O–H groups in total. The lowest BCUT2D eigenvalue weighted by Gasteiger charge is -2.12. The number of rotatable bonds is 9. The minimum atomic E-state index is -0.553. The molecular formula is C13H19NO6. The second-order valence-corrected chi connectivity index (χ2v) is 4.10. The van der Waals surface area contributed by atoms with Crippen molar-refractivity contribution in [2.45, 2.75) is 19.4 Å². The number of aliphatic hydroxyl groups excluding tert-OH is 1. The van der Waals surface area contributed by atoms with Gasteiger partial charge in [0.25, 0.3) is 5.69 Å². The molecular weight excluding hydrogens is 266 g/mol. The van der Waals surface area contributed by atoms with E-state index >= 15 is 0 Å². The molecule has 0 fully saturated rings. The van der Waals surface area contributed by atoms with Crippen molar-refractivity contribution in [3.8, 4) is 11.5 Å². The number of nitrogens with zero attached hydrogens (tertiary/aromatic N) is 1. The maximum atomic E-state index is 10.9. The zero-order valence-electron chi connectivity index (χ0n) is 11.6. The molecule has 0 aliphatic rings. The van der Waals surface area contributed by atoms with E-state index < -0.39 is 11.5 Å². The molecule has 0 spiro atoms. The Bertz CT molecular complexity index is 449. The summed E-state index contributed by atoms with van der Waals surface area (Å²) in [4.78, 5) is 10.4. The third-order valence-electron chi connectivity index (χ3n) is 2.73. The van der Waals surface area contributed by atoms with Crippen molar-refractivity contribution in [1.82, 2.24) is 0 Å². The van der Waals surface area contributed by atoms with Gasteiger partial charge in [-0.1, -0.05) is 0 Å². The summed E-state index contributed by atoms with van der Waals surface area (Å²) in [5, 5.41) is 20.1. The van der Waals surface area contributed by atoms with E-state index in [0.717, 1.165) is 12.8 Å². The summed E-state index contributed by atoms with van der Waals surface area (Å²) in [6.45, 7) is 0.625. The van der Waals surface area contributed by atoms with Crippen molar-refractivity contribution in [2.24, 2.45) is 0 Å². The van der Waals surface area contributed by atoms with Gasteiger partial charge in [-0.3, -0.25) is 10.1 Å². The fourth-order valence-corrected chi connectivity index (χ4v) is 1.69. The van der Waals surface area contributed by atoms with Gasteiger partial charge in [-0.25, -0.2) is 0 Å². The molecule has 1 aromatic rings. The molecule has 1 rings (SSSR count). The Kier molecular flexibility index (Phi) is 6.75. The molecule has 1 aromatic carbocycles. The fourth-order valence-electron chi connectivity index (χ4n) is 1.69. The maximum Gasteiger partial charge on any atom is 0.278 e. The summed E-state index contributed by atoms with van der Waals surface area (Å²) < 4.78 is 15.5. The summed E-state index contributed by atoms with van der Waals surface area (Å²) in [7, 11) is 3.07. The molecule has 7 heteroatoms. The molecule has 0 heterocycles. The van der Waals surface area contributed by atoms with Crippen molar-refractivity contribution in [3.63, 3.8) is 0 Å². The standard InChI is InChI=1S/C13H19NO6/c1-18-5-3-4-6-20-13-8-11(14(16)17)10(9-15)7-12(13)19-2/h7-8,15H,3-6,9H2,1-2H3. The summed E-state index contributed by atoms with van der Waals surface area (Å²) in [6.07, 6.45) is 1.61. The van der Waals surface area contributed by atoms with Crippen LogP contribution >= 0.6 is 0 Å². The van der Waals surface area contributed by atoms with Gasteiger partial charge in [0.2, 0.25) is 0 Å². The lowest BCUT2D eigenvalue weighted by Crippen LogP contribution is -2.03. The first-order valence-electron chi connectivity index (χ1n) is 6.22. The monoisotopic (exact) mass is 285 g/mol. The van der Waals surface area contributed by atoms with Gasteiger partial charge in [0, 0.05) is 13.7 Å². The molecule has 0 saturated carbocycles. The lowest BCUT2D eigenvalue weighted by atomic mass is 10.1. The molecule has 0 aliphatic heterocycles. The Morgan fingerprint density at radius 3 is 2.45 bits per heavy atom. The van der Waals surface area contributed by atoms with Gasteiger partial charge in [0.1, 0.15) is 0 Å². The van der Waals surface area contributed by atoms with E-state index in [2.05, 4.69) is 0 Å². The number of hydrogen-bond acceptors (Lipinski definition) is 6. The van der Waals surface area contributed by atoms with Gasteiger partial charge in [0.05, 0.1) is 36.9 Å². The second kappa shape index (κ2) is 8.34. The van der Waals surface area contributed by atoms with Crippen LogP contribution in [-0.2, 0) is 11.3 Å². The van der Waals surface area contributed by atoms with E-state index in [-0.39, 0.29) is 11.3 Å². The highest BCUT2D eigenvalue weighted by Crippen LogP contribution is 2.34. The molecule has 0 bridgehead atoms. The number of methoxy groups -OCH3 is 2. The van der Waals surface area contributed by atoms with Crippen LogP contribution in [0.25, 0.3) is 0 Å². The molecule has 7 nitrogen and oxygen atoms in total. The summed E-state index contributed by atoms with van der Waals surface area (Å²) in [5.74, 6) is 0.667. The van der Waals surface area contributed by atoms with Crippen molar-refractivity contribution in [3.05, 3.63) is 27.8 Å². The van der Waals surface area contributed by atoms with Crippen LogP contribution in [0.2, 0.25) is 0 Å². The van der Waals surface area contributed by atoms with Gasteiger partial charge in [0.15, 0.2) is 11.5 Å². The van der Waals surface area contributed by atoms with Crippen LogP contribution in [0.15, 0.2) is 12.1 Å². The number of ether oxygens (including phenoxy) is 3. The van der Waals surface area contributed by atoms with Crippen molar-refractivity contribution in [1.29, 1.82) is 0 Å². The third-order valence-corrected chi connectivity index (χ3v) is 2.73. The molecule has 0 aromatic heterocycles. The number of unbranched alkanes of at least 4 members (excludes halogenated alkanes) is 1. The van der Waals surface area contributed by atoms with Crippen LogP contribution < -0.4 is 9.47 Å².